The van der Waals surface area contributed by atoms with Crippen molar-refractivity contribution in [3.05, 3.63) is 11.1 Å². The Hall–Kier alpha value is -0.990. The maximum Gasteiger partial charge on any atom is 0.230 e. The van der Waals surface area contributed by atoms with Gasteiger partial charge in [-0.3, -0.25) is 0 Å². The van der Waals surface area contributed by atoms with Crippen molar-refractivity contribution in [2.45, 2.75) is 42.1 Å². The second-order valence-corrected chi connectivity index (χ2v) is 6.97. The summed E-state index contributed by atoms with van der Waals surface area (Å²) in [6.07, 6.45) is 4.43. The average molecular weight is 343 g/mol. The molecule has 0 aromatic carbocycles. The Bertz CT molecular complexity index is 614. The Labute approximate surface area is 136 Å². The molecule has 2 aromatic heterocycles. The van der Waals surface area contributed by atoms with E-state index in [-0.39, 0.29) is 5.28 Å². The van der Waals surface area contributed by atoms with Gasteiger partial charge in [-0.05, 0) is 54.2 Å². The number of piperidine rings is 1. The van der Waals surface area contributed by atoms with Crippen molar-refractivity contribution in [3.63, 3.8) is 0 Å². The molecule has 0 radical (unpaired) electrons. The number of aromatic nitrogens is 5. The van der Waals surface area contributed by atoms with E-state index < -0.39 is 0 Å². The van der Waals surface area contributed by atoms with Gasteiger partial charge in [-0.2, -0.15) is 19.3 Å². The molecule has 0 unspecified atom stereocenters. The quantitative estimate of drug-likeness (QED) is 0.845. The van der Waals surface area contributed by atoms with Crippen molar-refractivity contribution in [2.75, 3.05) is 18.0 Å². The van der Waals surface area contributed by atoms with Gasteiger partial charge in [0.2, 0.25) is 16.4 Å². The van der Waals surface area contributed by atoms with Crippen molar-refractivity contribution in [3.8, 4) is 0 Å². The Kier molecular flexibility index (Phi) is 4.87. The van der Waals surface area contributed by atoms with Crippen LogP contribution < -0.4 is 4.90 Å². The van der Waals surface area contributed by atoms with E-state index in [2.05, 4.69) is 29.2 Å². The fourth-order valence-electron chi connectivity index (χ4n) is 2.10. The first-order chi connectivity index (χ1) is 10.2. The van der Waals surface area contributed by atoms with Crippen molar-refractivity contribution in [1.29, 1.82) is 0 Å². The van der Waals surface area contributed by atoms with Gasteiger partial charge in [0.1, 0.15) is 5.82 Å². The van der Waals surface area contributed by atoms with Crippen LogP contribution in [0.1, 0.15) is 32.0 Å². The van der Waals surface area contributed by atoms with E-state index in [4.69, 9.17) is 11.6 Å². The molecule has 0 amide bonds. The number of hydrogen-bond donors (Lipinski definition) is 0. The van der Waals surface area contributed by atoms with Crippen LogP contribution in [-0.4, -0.2) is 37.4 Å². The molecule has 2 aromatic rings. The monoisotopic (exact) mass is 342 g/mol. The van der Waals surface area contributed by atoms with Gasteiger partial charge in [-0.1, -0.05) is 6.92 Å². The van der Waals surface area contributed by atoms with E-state index in [0.717, 1.165) is 29.7 Å². The molecule has 1 saturated heterocycles. The number of rotatable bonds is 4. The van der Waals surface area contributed by atoms with Crippen LogP contribution in [0.25, 0.3) is 0 Å². The summed E-state index contributed by atoms with van der Waals surface area (Å²) in [5.41, 5.74) is 0. The average Bonchev–Trinajstić information content (AvgIpc) is 2.95. The zero-order valence-corrected chi connectivity index (χ0v) is 14.0. The topological polar surface area (TPSA) is 67.7 Å². The number of hydrogen-bond acceptors (Lipinski definition) is 8. The van der Waals surface area contributed by atoms with Gasteiger partial charge in [0.25, 0.3) is 0 Å². The minimum absolute atomic E-state index is 0.230. The third-order valence-electron chi connectivity index (χ3n) is 3.16. The largest absolute Gasteiger partial charge is 0.341 e. The Morgan fingerprint density at radius 2 is 1.95 bits per heavy atom. The molecule has 6 nitrogen and oxygen atoms in total. The molecule has 112 valence electrons. The maximum absolute atomic E-state index is 6.03. The van der Waals surface area contributed by atoms with Crippen molar-refractivity contribution in [2.24, 2.45) is 0 Å². The van der Waals surface area contributed by atoms with Crippen LogP contribution >= 0.6 is 34.9 Å². The van der Waals surface area contributed by atoms with Crippen LogP contribution in [0.4, 0.5) is 5.95 Å². The van der Waals surface area contributed by atoms with E-state index in [1.54, 1.807) is 0 Å². The fourth-order valence-corrected chi connectivity index (χ4v) is 3.86. The Morgan fingerprint density at radius 3 is 2.67 bits per heavy atom. The second-order valence-electron chi connectivity index (χ2n) is 4.67. The molecule has 3 heterocycles. The van der Waals surface area contributed by atoms with Gasteiger partial charge in [0.15, 0.2) is 4.34 Å². The van der Waals surface area contributed by atoms with Crippen LogP contribution in [0, 0.1) is 0 Å². The first kappa shape index (κ1) is 14.9. The van der Waals surface area contributed by atoms with Crippen LogP contribution in [-0.2, 0) is 6.42 Å². The van der Waals surface area contributed by atoms with Gasteiger partial charge >= 0.3 is 0 Å². The van der Waals surface area contributed by atoms with Crippen LogP contribution in [0.3, 0.4) is 0 Å². The highest BCUT2D eigenvalue weighted by atomic mass is 35.5. The number of halogens is 1. The maximum atomic E-state index is 6.03. The first-order valence-electron chi connectivity index (χ1n) is 6.91. The lowest BCUT2D eigenvalue weighted by molar-refractivity contribution is 0.564. The normalized spacial score (nSPS) is 15.4. The van der Waals surface area contributed by atoms with Crippen LogP contribution in [0.5, 0.6) is 0 Å². The third-order valence-corrected chi connectivity index (χ3v) is 4.98. The molecule has 0 spiro atoms. The summed E-state index contributed by atoms with van der Waals surface area (Å²) in [7, 11) is 0. The number of nitrogens with zero attached hydrogens (tertiary/aromatic N) is 6. The Morgan fingerprint density at radius 1 is 1.14 bits per heavy atom. The van der Waals surface area contributed by atoms with Crippen molar-refractivity contribution in [1.82, 2.24) is 24.3 Å². The molecule has 9 heteroatoms. The predicted octanol–water partition coefficient (Wildman–Crippen LogP) is 3.08. The number of anilines is 1. The van der Waals surface area contributed by atoms with Gasteiger partial charge in [0, 0.05) is 19.5 Å². The lowest BCUT2D eigenvalue weighted by Crippen LogP contribution is -2.31. The van der Waals surface area contributed by atoms with Gasteiger partial charge < -0.3 is 4.90 Å². The molecule has 21 heavy (non-hydrogen) atoms. The third kappa shape index (κ3) is 3.81. The fraction of sp³-hybridized carbons (Fsp3) is 0.583. The SMILES string of the molecule is CCc1nsc(Sc2nc(Cl)nc(N3CCCCC3)n2)n1. The Balaban J connectivity index is 1.79. The standard InChI is InChI=1S/C12H15ClN6S2/c1-2-8-14-12(21-18-8)20-11-16-9(13)15-10(17-11)19-6-4-3-5-7-19/h2-7H2,1H3. The lowest BCUT2D eigenvalue weighted by atomic mass is 10.1. The molecule has 0 aliphatic carbocycles. The van der Waals surface area contributed by atoms with Crippen LogP contribution in [0.2, 0.25) is 5.28 Å². The molecule has 0 bridgehead atoms. The zero-order chi connectivity index (χ0) is 14.7. The van der Waals surface area contributed by atoms with Gasteiger partial charge in [-0.15, -0.1) is 0 Å². The summed E-state index contributed by atoms with van der Waals surface area (Å²) >= 11 is 8.78. The van der Waals surface area contributed by atoms with E-state index in [9.17, 15) is 0 Å². The second kappa shape index (κ2) is 6.85. The molecule has 0 atom stereocenters. The summed E-state index contributed by atoms with van der Waals surface area (Å²) in [6.45, 7) is 3.98. The summed E-state index contributed by atoms with van der Waals surface area (Å²) in [4.78, 5) is 19.5. The molecule has 0 saturated carbocycles. The molecule has 1 aliphatic rings. The molecular formula is C12H15ClN6S2. The molecule has 0 N–H and O–H groups in total. The molecular weight excluding hydrogens is 328 g/mol. The van der Waals surface area contributed by atoms with Gasteiger partial charge in [0.05, 0.1) is 0 Å². The van der Waals surface area contributed by atoms with Crippen molar-refractivity contribution < 1.29 is 0 Å². The highest BCUT2D eigenvalue weighted by Crippen LogP contribution is 2.28. The lowest BCUT2D eigenvalue weighted by Gasteiger charge is -2.26. The van der Waals surface area contributed by atoms with Crippen molar-refractivity contribution >= 4 is 40.8 Å². The zero-order valence-electron chi connectivity index (χ0n) is 11.6. The predicted molar refractivity (Wildman–Crippen MR) is 84.3 cm³/mol. The molecule has 1 aliphatic heterocycles. The van der Waals surface area contributed by atoms with E-state index in [0.29, 0.717) is 11.1 Å². The smallest absolute Gasteiger partial charge is 0.230 e. The summed E-state index contributed by atoms with van der Waals surface area (Å²) < 4.78 is 5.09. The summed E-state index contributed by atoms with van der Waals surface area (Å²) in [5, 5.41) is 0.808. The van der Waals surface area contributed by atoms with Gasteiger partial charge in [-0.25, -0.2) is 4.98 Å². The van der Waals surface area contributed by atoms with E-state index in [1.807, 2.05) is 6.92 Å². The first-order valence-corrected chi connectivity index (χ1v) is 8.88. The van der Waals surface area contributed by atoms with Crippen LogP contribution in [0.15, 0.2) is 9.50 Å². The minimum atomic E-state index is 0.230. The highest BCUT2D eigenvalue weighted by Gasteiger charge is 2.17. The minimum Gasteiger partial charge on any atom is -0.341 e. The summed E-state index contributed by atoms with van der Waals surface area (Å²) in [6, 6.07) is 0. The molecule has 3 rings (SSSR count). The molecule has 1 fully saturated rings. The highest BCUT2D eigenvalue weighted by molar-refractivity contribution is 8.00. The van der Waals surface area contributed by atoms with E-state index in [1.165, 1.54) is 42.6 Å². The summed E-state index contributed by atoms with van der Waals surface area (Å²) in [5.74, 6) is 1.51. The van der Waals surface area contributed by atoms with E-state index >= 15 is 0 Å². The number of aryl methyl sites for hydroxylation is 1.